The Morgan fingerprint density at radius 3 is 2.71 bits per heavy atom. The van der Waals surface area contributed by atoms with Gasteiger partial charge in [-0.1, -0.05) is 0 Å². The second-order valence-electron chi connectivity index (χ2n) is 7.75. The summed E-state index contributed by atoms with van der Waals surface area (Å²) in [6.07, 6.45) is 8.66. The summed E-state index contributed by atoms with van der Waals surface area (Å²) in [6, 6.07) is 5.58. The van der Waals surface area contributed by atoms with E-state index in [1.807, 2.05) is 12.1 Å². The van der Waals surface area contributed by atoms with E-state index in [2.05, 4.69) is 10.2 Å². The van der Waals surface area contributed by atoms with E-state index in [0.29, 0.717) is 16.3 Å². The summed E-state index contributed by atoms with van der Waals surface area (Å²) in [5.74, 6) is 0.171. The summed E-state index contributed by atoms with van der Waals surface area (Å²) in [6.45, 7) is 1.89. The minimum atomic E-state index is -0.567. The first-order valence-electron chi connectivity index (χ1n) is 10.6. The summed E-state index contributed by atoms with van der Waals surface area (Å²) in [5.41, 5.74) is 1.29. The number of aryl methyl sites for hydroxylation is 1. The lowest BCUT2D eigenvalue weighted by molar-refractivity contribution is -0.112. The molecule has 0 aromatic carbocycles. The van der Waals surface area contributed by atoms with Crippen LogP contribution in [0.15, 0.2) is 22.1 Å². The van der Waals surface area contributed by atoms with Crippen molar-refractivity contribution in [3.8, 4) is 6.07 Å². The Balaban J connectivity index is 1.55. The number of hydrogen-bond acceptors (Lipinski definition) is 7. The number of nitrogens with zero attached hydrogens (tertiary/aromatic N) is 2. The fourth-order valence-electron chi connectivity index (χ4n) is 4.14. The molecule has 1 N–H and O–H groups in total. The third kappa shape index (κ3) is 4.52. The van der Waals surface area contributed by atoms with E-state index in [1.54, 1.807) is 6.07 Å². The van der Waals surface area contributed by atoms with E-state index < -0.39 is 11.9 Å². The number of fused-ring (bicyclic) bond motifs is 1. The maximum atomic E-state index is 12.8. The minimum absolute atomic E-state index is 0.0817. The summed E-state index contributed by atoms with van der Waals surface area (Å²) in [5, 5.41) is 12.8. The highest BCUT2D eigenvalue weighted by Crippen LogP contribution is 2.38. The van der Waals surface area contributed by atoms with Gasteiger partial charge in [0.05, 0.1) is 12.7 Å². The number of carbonyl (C=O) groups is 2. The zero-order valence-electron chi connectivity index (χ0n) is 17.5. The quantitative estimate of drug-likeness (QED) is 0.417. The van der Waals surface area contributed by atoms with Crippen LogP contribution < -0.4 is 10.2 Å². The van der Waals surface area contributed by atoms with Crippen LogP contribution in [0.5, 0.6) is 0 Å². The van der Waals surface area contributed by atoms with Crippen molar-refractivity contribution in [2.75, 3.05) is 30.4 Å². The number of methoxy groups -OCH3 is 1. The number of hydrogen-bond donors (Lipinski definition) is 1. The molecule has 1 aliphatic heterocycles. The molecule has 0 spiro atoms. The number of nitrogens with one attached hydrogen (secondary N) is 1. The van der Waals surface area contributed by atoms with Crippen LogP contribution in [0.4, 0.5) is 10.9 Å². The van der Waals surface area contributed by atoms with E-state index in [1.165, 1.54) is 30.9 Å². The van der Waals surface area contributed by atoms with Crippen LogP contribution in [0.1, 0.15) is 58.7 Å². The number of nitriles is 1. The Hall–Kier alpha value is -3.05. The first-order valence-corrected chi connectivity index (χ1v) is 11.4. The first kappa shape index (κ1) is 21.2. The van der Waals surface area contributed by atoms with Crippen LogP contribution in [0, 0.1) is 11.3 Å². The minimum Gasteiger partial charge on any atom is -0.465 e. The van der Waals surface area contributed by atoms with Crippen molar-refractivity contribution in [2.45, 2.75) is 44.9 Å². The maximum absolute atomic E-state index is 12.8. The number of anilines is 2. The SMILES string of the molecule is COC(=O)c1c(NC(=O)/C(C#N)=C\c2ccc(N3CCCCC3)o2)sc2c1CCCC2. The number of thiophene rings is 1. The molecule has 2 aliphatic rings. The van der Waals surface area contributed by atoms with E-state index in [0.717, 1.165) is 67.9 Å². The lowest BCUT2D eigenvalue weighted by Crippen LogP contribution is -2.28. The highest BCUT2D eigenvalue weighted by molar-refractivity contribution is 7.17. The summed E-state index contributed by atoms with van der Waals surface area (Å²) in [4.78, 5) is 28.5. The normalized spacial score (nSPS) is 16.4. The van der Waals surface area contributed by atoms with E-state index in [9.17, 15) is 14.9 Å². The molecule has 2 aromatic heterocycles. The molecule has 8 heteroatoms. The molecule has 0 saturated carbocycles. The fraction of sp³-hybridized carbons (Fsp3) is 0.435. The van der Waals surface area contributed by atoms with Crippen LogP contribution in [0.3, 0.4) is 0 Å². The Kier molecular flexibility index (Phi) is 6.42. The molecular formula is C23H25N3O4S. The highest BCUT2D eigenvalue weighted by atomic mass is 32.1. The van der Waals surface area contributed by atoms with Crippen molar-refractivity contribution in [3.63, 3.8) is 0 Å². The maximum Gasteiger partial charge on any atom is 0.341 e. The van der Waals surface area contributed by atoms with Gasteiger partial charge >= 0.3 is 5.97 Å². The van der Waals surface area contributed by atoms with E-state index >= 15 is 0 Å². The van der Waals surface area contributed by atoms with Gasteiger partial charge in [0.25, 0.3) is 5.91 Å². The molecule has 3 heterocycles. The smallest absolute Gasteiger partial charge is 0.341 e. The third-order valence-electron chi connectivity index (χ3n) is 5.72. The number of ether oxygens (including phenoxy) is 1. The average Bonchev–Trinajstić information content (AvgIpc) is 3.41. The van der Waals surface area contributed by atoms with Gasteiger partial charge in [-0.25, -0.2) is 4.79 Å². The van der Waals surface area contributed by atoms with Crippen LogP contribution in [0.25, 0.3) is 6.08 Å². The number of carbonyl (C=O) groups excluding carboxylic acids is 2. The van der Waals surface area contributed by atoms with Gasteiger partial charge < -0.3 is 19.4 Å². The molecular weight excluding hydrogens is 414 g/mol. The number of piperidine rings is 1. The monoisotopic (exact) mass is 439 g/mol. The Morgan fingerprint density at radius 2 is 1.97 bits per heavy atom. The molecule has 0 bridgehead atoms. The predicted octanol–water partition coefficient (Wildman–Crippen LogP) is 4.54. The second kappa shape index (κ2) is 9.40. The molecule has 1 saturated heterocycles. The van der Waals surface area contributed by atoms with Crippen LogP contribution in [0.2, 0.25) is 0 Å². The number of rotatable bonds is 5. The van der Waals surface area contributed by atoms with Crippen molar-refractivity contribution in [2.24, 2.45) is 0 Å². The lowest BCUT2D eigenvalue weighted by atomic mass is 9.95. The van der Waals surface area contributed by atoms with Gasteiger partial charge in [0.15, 0.2) is 5.88 Å². The Morgan fingerprint density at radius 1 is 1.19 bits per heavy atom. The zero-order valence-corrected chi connectivity index (χ0v) is 18.3. The van der Waals surface area contributed by atoms with Crippen LogP contribution in [-0.4, -0.2) is 32.1 Å². The number of esters is 1. The zero-order chi connectivity index (χ0) is 21.8. The van der Waals surface area contributed by atoms with Crippen molar-refractivity contribution in [1.82, 2.24) is 0 Å². The van der Waals surface area contributed by atoms with Gasteiger partial charge in [0.1, 0.15) is 22.4 Å². The molecule has 0 unspecified atom stereocenters. The first-order chi connectivity index (χ1) is 15.1. The Labute approximate surface area is 185 Å². The molecule has 7 nitrogen and oxygen atoms in total. The van der Waals surface area contributed by atoms with Gasteiger partial charge in [-0.2, -0.15) is 5.26 Å². The molecule has 1 amide bonds. The van der Waals surface area contributed by atoms with Crippen LogP contribution in [-0.2, 0) is 22.4 Å². The van der Waals surface area contributed by atoms with Gasteiger partial charge in [-0.05, 0) is 56.6 Å². The molecule has 1 fully saturated rings. The topological polar surface area (TPSA) is 95.6 Å². The molecule has 4 rings (SSSR count). The van der Waals surface area contributed by atoms with E-state index in [-0.39, 0.29) is 5.57 Å². The summed E-state index contributed by atoms with van der Waals surface area (Å²) in [7, 11) is 1.33. The summed E-state index contributed by atoms with van der Waals surface area (Å²) < 4.78 is 10.8. The standard InChI is InChI=1S/C23H25N3O4S/c1-29-23(28)20-17-7-3-4-8-18(17)31-22(20)25-21(27)15(14-24)13-16-9-10-19(30-16)26-11-5-2-6-12-26/h9-10,13H,2-8,11-12H2,1H3,(H,25,27)/b15-13-. The molecule has 31 heavy (non-hydrogen) atoms. The lowest BCUT2D eigenvalue weighted by Gasteiger charge is -2.25. The van der Waals surface area contributed by atoms with Gasteiger partial charge in [0.2, 0.25) is 0 Å². The van der Waals surface area contributed by atoms with Crippen LogP contribution >= 0.6 is 11.3 Å². The number of furan rings is 1. The van der Waals surface area contributed by atoms with Crippen molar-refractivity contribution >= 4 is 40.2 Å². The molecule has 2 aromatic rings. The van der Waals surface area contributed by atoms with Crippen molar-refractivity contribution in [1.29, 1.82) is 5.26 Å². The highest BCUT2D eigenvalue weighted by Gasteiger charge is 2.27. The summed E-state index contributed by atoms with van der Waals surface area (Å²) >= 11 is 1.39. The molecule has 0 radical (unpaired) electrons. The molecule has 1 aliphatic carbocycles. The average molecular weight is 440 g/mol. The fourth-order valence-corrected chi connectivity index (χ4v) is 5.41. The Bertz CT molecular complexity index is 1050. The van der Waals surface area contributed by atoms with Gasteiger partial charge in [0, 0.05) is 30.1 Å². The molecule has 0 atom stereocenters. The molecule has 162 valence electrons. The van der Waals surface area contributed by atoms with E-state index in [4.69, 9.17) is 9.15 Å². The largest absolute Gasteiger partial charge is 0.465 e. The number of amides is 1. The van der Waals surface area contributed by atoms with Gasteiger partial charge in [-0.15, -0.1) is 11.3 Å². The third-order valence-corrected chi connectivity index (χ3v) is 6.93. The van der Waals surface area contributed by atoms with Gasteiger partial charge in [-0.3, -0.25) is 4.79 Å². The second-order valence-corrected chi connectivity index (χ2v) is 8.86. The van der Waals surface area contributed by atoms with Crippen molar-refractivity contribution < 1.29 is 18.7 Å². The predicted molar refractivity (Wildman–Crippen MR) is 119 cm³/mol. The van der Waals surface area contributed by atoms with Crippen molar-refractivity contribution in [3.05, 3.63) is 39.5 Å².